The number of carbonyl (C=O) groups is 2. The number of carbonyl (C=O) groups excluding carboxylic acids is 1. The second-order valence-electron chi connectivity index (χ2n) is 6.54. The van der Waals surface area contributed by atoms with E-state index in [1.807, 2.05) is 0 Å². The van der Waals surface area contributed by atoms with Crippen LogP contribution >= 0.6 is 0 Å². The van der Waals surface area contributed by atoms with Gasteiger partial charge in [0, 0.05) is 0 Å². The third-order valence-electron chi connectivity index (χ3n) is 4.28. The van der Waals surface area contributed by atoms with Gasteiger partial charge in [-0.25, -0.2) is 22.0 Å². The van der Waals surface area contributed by atoms with Gasteiger partial charge in [0.2, 0.25) is 10.0 Å². The fourth-order valence-corrected chi connectivity index (χ4v) is 4.71. The number of amides is 1. The highest BCUT2D eigenvalue weighted by molar-refractivity contribution is 7.92. The first-order valence-electron chi connectivity index (χ1n) is 9.04. The summed E-state index contributed by atoms with van der Waals surface area (Å²) < 4.78 is 62.1. The number of benzene rings is 2. The predicted molar refractivity (Wildman–Crippen MR) is 112 cm³/mol. The Bertz CT molecular complexity index is 1290. The van der Waals surface area contributed by atoms with E-state index in [2.05, 4.69) is 4.72 Å². The van der Waals surface area contributed by atoms with Crippen molar-refractivity contribution in [2.24, 2.45) is 5.14 Å². The lowest BCUT2D eigenvalue weighted by Gasteiger charge is -2.28. The first-order valence-corrected chi connectivity index (χ1v) is 12.1. The molecular weight excluding hydrogens is 466 g/mol. The zero-order chi connectivity index (χ0) is 23.7. The monoisotopic (exact) mass is 485 g/mol. The Morgan fingerprint density at radius 1 is 1.22 bits per heavy atom. The van der Waals surface area contributed by atoms with Crippen LogP contribution in [0.15, 0.2) is 46.2 Å². The van der Waals surface area contributed by atoms with Crippen LogP contribution in [-0.2, 0) is 29.6 Å². The first kappa shape index (κ1) is 23.3. The van der Waals surface area contributed by atoms with Crippen molar-refractivity contribution in [3.05, 3.63) is 36.4 Å². The van der Waals surface area contributed by atoms with Crippen molar-refractivity contribution in [3.8, 4) is 11.5 Å². The van der Waals surface area contributed by atoms with E-state index in [0.717, 1.165) is 17.0 Å². The van der Waals surface area contributed by atoms with Crippen LogP contribution in [0.1, 0.15) is 6.92 Å². The molecule has 0 unspecified atom stereocenters. The molecule has 2 aromatic rings. The minimum Gasteiger partial charge on any atom is -0.492 e. The Morgan fingerprint density at radius 2 is 1.94 bits per heavy atom. The average Bonchev–Trinajstić information content (AvgIpc) is 2.70. The average molecular weight is 485 g/mol. The summed E-state index contributed by atoms with van der Waals surface area (Å²) in [7, 11) is -8.48. The quantitative estimate of drug-likeness (QED) is 0.475. The SMILES string of the molecule is CCOc1ccc(NS(=O)(=O)c2ccc3c(c2)N(CC(=O)O)C(=O)CO3)cc1S(N)(=O)=O. The number of hydrogen-bond donors (Lipinski definition) is 3. The standard InChI is InChI=1S/C18H19N3O9S2/c1-2-29-15-5-3-11(7-16(15)31(19,25)26)20-32(27,28)12-4-6-14-13(8-12)21(9-18(23)24)17(22)10-30-14/h3-8,20H,2,9-10H2,1H3,(H,23,24)(H2,19,25,26). The van der Waals surface area contributed by atoms with E-state index in [-0.39, 0.29) is 41.0 Å². The number of hydrogen-bond acceptors (Lipinski definition) is 8. The number of carboxylic acid groups (broad SMARTS) is 1. The summed E-state index contributed by atoms with van der Waals surface area (Å²) in [6, 6.07) is 7.14. The minimum atomic E-state index is -4.27. The zero-order valence-corrected chi connectivity index (χ0v) is 18.3. The van der Waals surface area contributed by atoms with E-state index < -0.39 is 43.4 Å². The van der Waals surface area contributed by atoms with Gasteiger partial charge < -0.3 is 14.6 Å². The number of rotatable bonds is 8. The molecule has 0 bridgehead atoms. The Labute approximate surface area is 183 Å². The summed E-state index contributed by atoms with van der Waals surface area (Å²) >= 11 is 0. The summed E-state index contributed by atoms with van der Waals surface area (Å²) in [5, 5.41) is 14.2. The third-order valence-corrected chi connectivity index (χ3v) is 6.59. The molecule has 1 aliphatic rings. The number of carboxylic acids is 1. The van der Waals surface area contributed by atoms with Gasteiger partial charge in [-0.2, -0.15) is 0 Å². The number of aliphatic carboxylic acids is 1. The summed E-state index contributed by atoms with van der Waals surface area (Å²) in [6.07, 6.45) is 0. The number of fused-ring (bicyclic) bond motifs is 1. The van der Waals surface area contributed by atoms with Crippen molar-refractivity contribution in [3.63, 3.8) is 0 Å². The summed E-state index contributed by atoms with van der Waals surface area (Å²) in [5.74, 6) is -1.83. The number of ether oxygens (including phenoxy) is 2. The first-order chi connectivity index (χ1) is 14.9. The molecule has 0 saturated carbocycles. The van der Waals surface area contributed by atoms with Crippen molar-refractivity contribution in [1.29, 1.82) is 0 Å². The lowest BCUT2D eigenvalue weighted by Crippen LogP contribution is -2.42. The topological polar surface area (TPSA) is 182 Å². The molecule has 3 rings (SSSR count). The maximum atomic E-state index is 12.9. The molecule has 14 heteroatoms. The van der Waals surface area contributed by atoms with Crippen LogP contribution in [0.25, 0.3) is 0 Å². The molecule has 0 radical (unpaired) electrons. The van der Waals surface area contributed by atoms with Crippen LogP contribution in [0.4, 0.5) is 11.4 Å². The molecule has 1 amide bonds. The van der Waals surface area contributed by atoms with E-state index in [0.29, 0.717) is 0 Å². The van der Waals surface area contributed by atoms with E-state index >= 15 is 0 Å². The summed E-state index contributed by atoms with van der Waals surface area (Å²) in [6.45, 7) is 0.744. The lowest BCUT2D eigenvalue weighted by molar-refractivity contribution is -0.137. The molecule has 0 saturated heterocycles. The number of anilines is 2. The van der Waals surface area contributed by atoms with Crippen LogP contribution in [0, 0.1) is 0 Å². The van der Waals surface area contributed by atoms with Crippen molar-refractivity contribution in [2.45, 2.75) is 16.7 Å². The predicted octanol–water partition coefficient (Wildman–Crippen LogP) is 0.344. The molecule has 0 aromatic heterocycles. The molecular formula is C18H19N3O9S2. The molecule has 0 atom stereocenters. The van der Waals surface area contributed by atoms with Gasteiger partial charge in [-0.3, -0.25) is 19.2 Å². The van der Waals surface area contributed by atoms with Crippen molar-refractivity contribution >= 4 is 43.3 Å². The molecule has 4 N–H and O–H groups in total. The maximum absolute atomic E-state index is 12.9. The van der Waals surface area contributed by atoms with E-state index in [4.69, 9.17) is 19.7 Å². The van der Waals surface area contributed by atoms with Gasteiger partial charge in [-0.1, -0.05) is 0 Å². The number of primary sulfonamides is 1. The van der Waals surface area contributed by atoms with Gasteiger partial charge in [-0.05, 0) is 43.3 Å². The zero-order valence-electron chi connectivity index (χ0n) is 16.6. The van der Waals surface area contributed by atoms with Crippen LogP contribution < -0.4 is 24.2 Å². The molecule has 2 aromatic carbocycles. The number of nitrogens with zero attached hydrogens (tertiary/aromatic N) is 1. The van der Waals surface area contributed by atoms with E-state index in [1.165, 1.54) is 24.3 Å². The highest BCUT2D eigenvalue weighted by Gasteiger charge is 2.29. The van der Waals surface area contributed by atoms with Gasteiger partial charge in [0.25, 0.3) is 15.9 Å². The van der Waals surface area contributed by atoms with Crippen LogP contribution in [0.2, 0.25) is 0 Å². The fraction of sp³-hybridized carbons (Fsp3) is 0.222. The van der Waals surface area contributed by atoms with Gasteiger partial charge in [0.15, 0.2) is 6.61 Å². The highest BCUT2D eigenvalue weighted by atomic mass is 32.2. The summed E-state index contributed by atoms with van der Waals surface area (Å²) in [4.78, 5) is 23.3. The normalized spacial score (nSPS) is 13.8. The molecule has 12 nitrogen and oxygen atoms in total. The van der Waals surface area contributed by atoms with Gasteiger partial charge in [-0.15, -0.1) is 0 Å². The second-order valence-corrected chi connectivity index (χ2v) is 9.75. The van der Waals surface area contributed by atoms with Gasteiger partial charge in [0.1, 0.15) is 22.9 Å². The van der Waals surface area contributed by atoms with Crippen molar-refractivity contribution in [2.75, 3.05) is 29.4 Å². The molecule has 172 valence electrons. The largest absolute Gasteiger partial charge is 0.492 e. The number of nitrogens with one attached hydrogen (secondary N) is 1. The number of sulfonamides is 2. The highest BCUT2D eigenvalue weighted by Crippen LogP contribution is 2.35. The molecule has 32 heavy (non-hydrogen) atoms. The van der Waals surface area contributed by atoms with Crippen LogP contribution in [0.5, 0.6) is 11.5 Å². The Morgan fingerprint density at radius 3 is 2.56 bits per heavy atom. The fourth-order valence-electron chi connectivity index (χ4n) is 2.94. The van der Waals surface area contributed by atoms with Crippen LogP contribution in [-0.4, -0.2) is 53.6 Å². The van der Waals surface area contributed by atoms with E-state index in [1.54, 1.807) is 6.92 Å². The second kappa shape index (κ2) is 8.64. The number of nitrogens with two attached hydrogens (primary N) is 1. The van der Waals surface area contributed by atoms with Crippen molar-refractivity contribution in [1.82, 2.24) is 0 Å². The molecule has 0 spiro atoms. The minimum absolute atomic E-state index is 0.0246. The third kappa shape index (κ3) is 4.92. The summed E-state index contributed by atoms with van der Waals surface area (Å²) in [5.41, 5.74) is -0.131. The smallest absolute Gasteiger partial charge is 0.323 e. The van der Waals surface area contributed by atoms with Gasteiger partial charge >= 0.3 is 5.97 Å². The Kier molecular flexibility index (Phi) is 6.29. The Hall–Kier alpha value is -3.36. The molecule has 1 aliphatic heterocycles. The molecule has 0 aliphatic carbocycles. The van der Waals surface area contributed by atoms with Gasteiger partial charge in [0.05, 0.1) is 22.9 Å². The maximum Gasteiger partial charge on any atom is 0.323 e. The van der Waals surface area contributed by atoms with Crippen molar-refractivity contribution < 1.29 is 41.0 Å². The van der Waals surface area contributed by atoms with E-state index in [9.17, 15) is 26.4 Å². The van der Waals surface area contributed by atoms with Crippen LogP contribution in [0.3, 0.4) is 0 Å². The molecule has 0 fully saturated rings. The molecule has 1 heterocycles. The Balaban J connectivity index is 1.99. The lowest BCUT2D eigenvalue weighted by atomic mass is 10.2.